The SMILES string of the molecule is NCC(c1ccc(F)cc1)[C@@H]1CCCC[C@@H]1O. The van der Waals surface area contributed by atoms with Gasteiger partial charge < -0.3 is 10.8 Å². The Kier molecular flexibility index (Phi) is 4.13. The van der Waals surface area contributed by atoms with E-state index >= 15 is 0 Å². The molecule has 2 rings (SSSR count). The lowest BCUT2D eigenvalue weighted by atomic mass is 9.75. The maximum atomic E-state index is 12.9. The van der Waals surface area contributed by atoms with Crippen molar-refractivity contribution in [1.82, 2.24) is 0 Å². The second-order valence-electron chi connectivity index (χ2n) is 4.91. The molecule has 1 aromatic rings. The van der Waals surface area contributed by atoms with E-state index in [0.717, 1.165) is 31.2 Å². The number of aliphatic hydroxyl groups excluding tert-OH is 1. The second-order valence-corrected chi connectivity index (χ2v) is 4.91. The first-order valence-electron chi connectivity index (χ1n) is 6.36. The molecule has 0 amide bonds. The van der Waals surface area contributed by atoms with Crippen LogP contribution < -0.4 is 5.73 Å². The van der Waals surface area contributed by atoms with Gasteiger partial charge in [0.2, 0.25) is 0 Å². The van der Waals surface area contributed by atoms with Crippen molar-refractivity contribution in [2.45, 2.75) is 37.7 Å². The highest BCUT2D eigenvalue weighted by molar-refractivity contribution is 5.22. The molecule has 1 aliphatic rings. The Bertz CT molecular complexity index is 352. The van der Waals surface area contributed by atoms with Gasteiger partial charge in [-0.15, -0.1) is 0 Å². The molecule has 3 heteroatoms. The summed E-state index contributed by atoms with van der Waals surface area (Å²) in [7, 11) is 0. The maximum absolute atomic E-state index is 12.9. The minimum atomic E-state index is -0.262. The molecule has 0 radical (unpaired) electrons. The zero-order valence-electron chi connectivity index (χ0n) is 9.98. The highest BCUT2D eigenvalue weighted by Gasteiger charge is 2.30. The molecule has 2 nitrogen and oxygen atoms in total. The third-order valence-corrected chi connectivity index (χ3v) is 3.85. The van der Waals surface area contributed by atoms with Crippen LogP contribution in [0, 0.1) is 11.7 Å². The van der Waals surface area contributed by atoms with Crippen LogP contribution >= 0.6 is 0 Å². The van der Waals surface area contributed by atoms with Crippen molar-refractivity contribution in [3.8, 4) is 0 Å². The molecule has 1 aromatic carbocycles. The van der Waals surface area contributed by atoms with Crippen LogP contribution in [-0.4, -0.2) is 17.8 Å². The lowest BCUT2D eigenvalue weighted by molar-refractivity contribution is 0.0561. The average Bonchev–Trinajstić information content (AvgIpc) is 2.35. The van der Waals surface area contributed by atoms with Crippen LogP contribution in [0.5, 0.6) is 0 Å². The van der Waals surface area contributed by atoms with Crippen molar-refractivity contribution in [1.29, 1.82) is 0 Å². The van der Waals surface area contributed by atoms with Crippen molar-refractivity contribution in [3.63, 3.8) is 0 Å². The number of nitrogens with two attached hydrogens (primary N) is 1. The molecule has 0 bridgehead atoms. The second kappa shape index (κ2) is 5.61. The third kappa shape index (κ3) is 2.85. The lowest BCUT2D eigenvalue weighted by Crippen LogP contribution is -2.33. The Morgan fingerprint density at radius 3 is 2.47 bits per heavy atom. The van der Waals surface area contributed by atoms with Crippen molar-refractivity contribution in [2.24, 2.45) is 11.7 Å². The average molecular weight is 237 g/mol. The van der Waals surface area contributed by atoms with Crippen LogP contribution in [-0.2, 0) is 0 Å². The summed E-state index contributed by atoms with van der Waals surface area (Å²) >= 11 is 0. The first-order chi connectivity index (χ1) is 8.22. The van der Waals surface area contributed by atoms with E-state index in [2.05, 4.69) is 0 Å². The molecule has 1 aliphatic carbocycles. The summed E-state index contributed by atoms with van der Waals surface area (Å²) in [6.45, 7) is 0.507. The first kappa shape index (κ1) is 12.5. The van der Waals surface area contributed by atoms with Gasteiger partial charge in [0.05, 0.1) is 6.10 Å². The number of benzene rings is 1. The highest BCUT2D eigenvalue weighted by Crippen LogP contribution is 2.35. The zero-order valence-corrected chi connectivity index (χ0v) is 9.98. The highest BCUT2D eigenvalue weighted by atomic mass is 19.1. The normalized spacial score (nSPS) is 26.8. The Hall–Kier alpha value is -0.930. The van der Waals surface area contributed by atoms with E-state index in [1.165, 1.54) is 12.1 Å². The van der Waals surface area contributed by atoms with Crippen LogP contribution in [0.1, 0.15) is 37.2 Å². The first-order valence-corrected chi connectivity index (χ1v) is 6.36. The molecule has 1 saturated carbocycles. The lowest BCUT2D eigenvalue weighted by Gasteiger charge is -2.34. The molecule has 17 heavy (non-hydrogen) atoms. The van der Waals surface area contributed by atoms with Gasteiger partial charge in [0.1, 0.15) is 5.82 Å². The Balaban J connectivity index is 2.17. The summed E-state index contributed by atoms with van der Waals surface area (Å²) in [4.78, 5) is 0. The topological polar surface area (TPSA) is 46.2 Å². The third-order valence-electron chi connectivity index (χ3n) is 3.85. The predicted molar refractivity (Wildman–Crippen MR) is 66.2 cm³/mol. The summed E-state index contributed by atoms with van der Waals surface area (Å²) in [5.41, 5.74) is 6.87. The van der Waals surface area contributed by atoms with Gasteiger partial charge in [0, 0.05) is 5.92 Å². The van der Waals surface area contributed by atoms with Gasteiger partial charge in [0.25, 0.3) is 0 Å². The van der Waals surface area contributed by atoms with Crippen LogP contribution in [0.4, 0.5) is 4.39 Å². The zero-order chi connectivity index (χ0) is 12.3. The van der Waals surface area contributed by atoms with Gasteiger partial charge in [-0.1, -0.05) is 25.0 Å². The number of aliphatic hydroxyl groups is 1. The number of hydrogen-bond donors (Lipinski definition) is 2. The number of halogens is 1. The van der Waals surface area contributed by atoms with E-state index in [4.69, 9.17) is 5.73 Å². The largest absolute Gasteiger partial charge is 0.393 e. The molecule has 0 heterocycles. The van der Waals surface area contributed by atoms with Gasteiger partial charge >= 0.3 is 0 Å². The predicted octanol–water partition coefficient (Wildman–Crippen LogP) is 2.42. The Morgan fingerprint density at radius 2 is 1.88 bits per heavy atom. The van der Waals surface area contributed by atoms with Crippen LogP contribution in [0.25, 0.3) is 0 Å². The van der Waals surface area contributed by atoms with Crippen molar-refractivity contribution in [2.75, 3.05) is 6.54 Å². The summed E-state index contributed by atoms with van der Waals surface area (Å²) < 4.78 is 12.9. The van der Waals surface area contributed by atoms with Crippen LogP contribution in [0.2, 0.25) is 0 Å². The number of rotatable bonds is 3. The maximum Gasteiger partial charge on any atom is 0.123 e. The standard InChI is InChI=1S/C14H20FNO/c15-11-7-5-10(6-8-11)13(9-16)12-3-1-2-4-14(12)17/h5-8,12-14,17H,1-4,9,16H2/t12-,13?,14-/m0/s1. The molecule has 0 aromatic heterocycles. The smallest absolute Gasteiger partial charge is 0.123 e. The van der Waals surface area contributed by atoms with Crippen molar-refractivity contribution >= 4 is 0 Å². The van der Waals surface area contributed by atoms with E-state index in [9.17, 15) is 9.50 Å². The van der Waals surface area contributed by atoms with Crippen molar-refractivity contribution in [3.05, 3.63) is 35.6 Å². The Morgan fingerprint density at radius 1 is 1.24 bits per heavy atom. The molecule has 3 atom stereocenters. The van der Waals surface area contributed by atoms with Gasteiger partial charge in [0.15, 0.2) is 0 Å². The van der Waals surface area contributed by atoms with E-state index in [1.807, 2.05) is 0 Å². The minimum Gasteiger partial charge on any atom is -0.393 e. The van der Waals surface area contributed by atoms with Gasteiger partial charge in [-0.2, -0.15) is 0 Å². The molecule has 0 aliphatic heterocycles. The fraction of sp³-hybridized carbons (Fsp3) is 0.571. The number of hydrogen-bond acceptors (Lipinski definition) is 2. The van der Waals surface area contributed by atoms with E-state index < -0.39 is 0 Å². The molecule has 1 fully saturated rings. The van der Waals surface area contributed by atoms with E-state index in [-0.39, 0.29) is 23.8 Å². The molecular weight excluding hydrogens is 217 g/mol. The molecular formula is C14H20FNO. The van der Waals surface area contributed by atoms with E-state index in [0.29, 0.717) is 6.54 Å². The molecule has 1 unspecified atom stereocenters. The van der Waals surface area contributed by atoms with Gasteiger partial charge in [-0.3, -0.25) is 0 Å². The summed E-state index contributed by atoms with van der Waals surface area (Å²) in [6, 6.07) is 6.50. The molecule has 3 N–H and O–H groups in total. The van der Waals surface area contributed by atoms with Gasteiger partial charge in [-0.05, 0) is 43.0 Å². The quantitative estimate of drug-likeness (QED) is 0.848. The monoisotopic (exact) mass is 237 g/mol. The van der Waals surface area contributed by atoms with E-state index in [1.54, 1.807) is 12.1 Å². The van der Waals surface area contributed by atoms with Crippen LogP contribution in [0.15, 0.2) is 24.3 Å². The molecule has 0 spiro atoms. The molecule has 94 valence electrons. The Labute approximate surface area is 102 Å². The van der Waals surface area contributed by atoms with Crippen molar-refractivity contribution < 1.29 is 9.50 Å². The summed E-state index contributed by atoms with van der Waals surface area (Å²) in [6.07, 6.45) is 3.86. The summed E-state index contributed by atoms with van der Waals surface area (Å²) in [5.74, 6) is 0.138. The summed E-state index contributed by atoms with van der Waals surface area (Å²) in [5, 5.41) is 10.1. The molecule has 0 saturated heterocycles. The fourth-order valence-corrected chi connectivity index (χ4v) is 2.88. The minimum absolute atomic E-state index is 0.144. The van der Waals surface area contributed by atoms with Gasteiger partial charge in [-0.25, -0.2) is 4.39 Å². The van der Waals surface area contributed by atoms with Crippen LogP contribution in [0.3, 0.4) is 0 Å². The fourth-order valence-electron chi connectivity index (χ4n) is 2.88.